The van der Waals surface area contributed by atoms with Gasteiger partial charge in [-0.25, -0.2) is 9.97 Å². The molecule has 1 aromatic heterocycles. The van der Waals surface area contributed by atoms with Gasteiger partial charge in [0.15, 0.2) is 0 Å². The van der Waals surface area contributed by atoms with Crippen LogP contribution in [0.25, 0.3) is 0 Å². The van der Waals surface area contributed by atoms with Crippen LogP contribution < -0.4 is 5.32 Å². The molecule has 1 aromatic rings. The molecule has 0 bridgehead atoms. The number of nitrogens with zero attached hydrogens (tertiary/aromatic N) is 2. The number of rotatable bonds is 4. The fourth-order valence-electron chi connectivity index (χ4n) is 1.23. The molecule has 1 heterocycles. The largest absolute Gasteiger partial charge is 0.369 e. The first kappa shape index (κ1) is 11.7. The van der Waals surface area contributed by atoms with E-state index in [0.717, 1.165) is 28.0 Å². The Hall–Kier alpha value is -0.390. The predicted octanol–water partition coefficient (Wildman–Crippen LogP) is 2.71. The van der Waals surface area contributed by atoms with Gasteiger partial charge in [0.25, 0.3) is 0 Å². The van der Waals surface area contributed by atoms with Gasteiger partial charge < -0.3 is 5.32 Å². The summed E-state index contributed by atoms with van der Waals surface area (Å²) in [5, 5.41) is 3.23. The topological polar surface area (TPSA) is 37.8 Å². The quantitative estimate of drug-likeness (QED) is 0.869. The summed E-state index contributed by atoms with van der Waals surface area (Å²) in [7, 11) is 0. The molecule has 0 spiro atoms. The van der Waals surface area contributed by atoms with Crippen LogP contribution in [0, 0.1) is 9.49 Å². The van der Waals surface area contributed by atoms with Crippen molar-refractivity contribution in [2.45, 2.75) is 27.2 Å². The van der Waals surface area contributed by atoms with Gasteiger partial charge in [-0.2, -0.15) is 0 Å². The average Bonchev–Trinajstić information content (AvgIpc) is 2.11. The minimum atomic E-state index is 0.632. The van der Waals surface area contributed by atoms with Crippen molar-refractivity contribution in [2.24, 2.45) is 5.92 Å². The Kier molecular flexibility index (Phi) is 4.57. The standard InChI is InChI=1S/C10H16IN3/c1-4-12-10-9(11)8(5-7(2)3)13-6-14-10/h6-7H,4-5H2,1-3H3,(H,12,13,14). The van der Waals surface area contributed by atoms with E-state index < -0.39 is 0 Å². The van der Waals surface area contributed by atoms with Gasteiger partial charge >= 0.3 is 0 Å². The van der Waals surface area contributed by atoms with E-state index in [1.165, 1.54) is 0 Å². The number of hydrogen-bond donors (Lipinski definition) is 1. The molecule has 0 aromatic carbocycles. The third kappa shape index (κ3) is 3.08. The van der Waals surface area contributed by atoms with Gasteiger partial charge in [-0.1, -0.05) is 13.8 Å². The maximum atomic E-state index is 4.30. The number of aromatic nitrogens is 2. The normalized spacial score (nSPS) is 10.6. The molecular formula is C10H16IN3. The molecule has 0 aliphatic carbocycles. The van der Waals surface area contributed by atoms with Gasteiger partial charge in [-0.05, 0) is 41.9 Å². The first-order valence-corrected chi connectivity index (χ1v) is 5.96. The van der Waals surface area contributed by atoms with Crippen molar-refractivity contribution in [3.8, 4) is 0 Å². The molecule has 0 aliphatic heterocycles. The maximum absolute atomic E-state index is 4.30. The molecule has 4 heteroatoms. The molecule has 0 aliphatic rings. The number of anilines is 1. The zero-order chi connectivity index (χ0) is 10.6. The smallest absolute Gasteiger partial charge is 0.143 e. The van der Waals surface area contributed by atoms with Crippen molar-refractivity contribution in [2.75, 3.05) is 11.9 Å². The fraction of sp³-hybridized carbons (Fsp3) is 0.600. The van der Waals surface area contributed by atoms with Crippen molar-refractivity contribution in [3.05, 3.63) is 15.6 Å². The Morgan fingerprint density at radius 1 is 1.43 bits per heavy atom. The van der Waals surface area contributed by atoms with Crippen LogP contribution in [0.1, 0.15) is 26.5 Å². The van der Waals surface area contributed by atoms with Crippen LogP contribution in [-0.4, -0.2) is 16.5 Å². The van der Waals surface area contributed by atoms with Gasteiger partial charge in [0.2, 0.25) is 0 Å². The first-order chi connectivity index (χ1) is 6.65. The third-order valence-electron chi connectivity index (χ3n) is 1.81. The summed E-state index contributed by atoms with van der Waals surface area (Å²) in [6, 6.07) is 0. The molecule has 1 rings (SSSR count). The first-order valence-electron chi connectivity index (χ1n) is 4.88. The van der Waals surface area contributed by atoms with Gasteiger partial charge in [-0.15, -0.1) is 0 Å². The molecule has 0 unspecified atom stereocenters. The fourth-order valence-corrected chi connectivity index (χ4v) is 1.92. The molecule has 0 atom stereocenters. The summed E-state index contributed by atoms with van der Waals surface area (Å²) in [5.41, 5.74) is 1.14. The summed E-state index contributed by atoms with van der Waals surface area (Å²) in [5.74, 6) is 1.59. The molecule has 78 valence electrons. The van der Waals surface area contributed by atoms with Crippen molar-refractivity contribution in [1.29, 1.82) is 0 Å². The van der Waals surface area contributed by atoms with E-state index in [9.17, 15) is 0 Å². The van der Waals surface area contributed by atoms with E-state index in [-0.39, 0.29) is 0 Å². The van der Waals surface area contributed by atoms with Crippen LogP contribution in [0.2, 0.25) is 0 Å². The average molecular weight is 305 g/mol. The lowest BCUT2D eigenvalue weighted by Gasteiger charge is -2.10. The van der Waals surface area contributed by atoms with Crippen LogP contribution in [0.15, 0.2) is 6.33 Å². The number of nitrogens with one attached hydrogen (secondary N) is 1. The zero-order valence-electron chi connectivity index (χ0n) is 8.84. The van der Waals surface area contributed by atoms with Crippen LogP contribution in [0.4, 0.5) is 5.82 Å². The lowest BCUT2D eigenvalue weighted by Crippen LogP contribution is -2.07. The van der Waals surface area contributed by atoms with Gasteiger partial charge in [-0.3, -0.25) is 0 Å². The van der Waals surface area contributed by atoms with Gasteiger partial charge in [0, 0.05) is 6.54 Å². The summed E-state index contributed by atoms with van der Waals surface area (Å²) in [4.78, 5) is 8.51. The summed E-state index contributed by atoms with van der Waals surface area (Å²) < 4.78 is 1.15. The molecule has 0 saturated carbocycles. The molecule has 3 nitrogen and oxygen atoms in total. The number of hydrogen-bond acceptors (Lipinski definition) is 3. The van der Waals surface area contributed by atoms with E-state index in [2.05, 4.69) is 58.6 Å². The van der Waals surface area contributed by atoms with E-state index in [1.807, 2.05) is 0 Å². The zero-order valence-corrected chi connectivity index (χ0v) is 11.0. The van der Waals surface area contributed by atoms with Crippen LogP contribution in [0.3, 0.4) is 0 Å². The van der Waals surface area contributed by atoms with E-state index >= 15 is 0 Å². The van der Waals surface area contributed by atoms with E-state index in [4.69, 9.17) is 0 Å². The highest BCUT2D eigenvalue weighted by Gasteiger charge is 2.08. The van der Waals surface area contributed by atoms with Crippen LogP contribution in [0.5, 0.6) is 0 Å². The summed E-state index contributed by atoms with van der Waals surface area (Å²) in [6.45, 7) is 7.37. The molecule has 0 saturated heterocycles. The number of halogens is 1. The second kappa shape index (κ2) is 5.48. The highest BCUT2D eigenvalue weighted by atomic mass is 127. The van der Waals surface area contributed by atoms with Crippen LogP contribution in [-0.2, 0) is 6.42 Å². The van der Waals surface area contributed by atoms with Gasteiger partial charge in [0.1, 0.15) is 12.1 Å². The second-order valence-corrected chi connectivity index (χ2v) is 4.69. The van der Waals surface area contributed by atoms with E-state index in [0.29, 0.717) is 5.92 Å². The molecule has 14 heavy (non-hydrogen) atoms. The molecule has 0 amide bonds. The Morgan fingerprint density at radius 2 is 2.14 bits per heavy atom. The molecule has 0 fully saturated rings. The lowest BCUT2D eigenvalue weighted by molar-refractivity contribution is 0.631. The van der Waals surface area contributed by atoms with Crippen molar-refractivity contribution in [1.82, 2.24) is 9.97 Å². The SMILES string of the molecule is CCNc1ncnc(CC(C)C)c1I. The second-order valence-electron chi connectivity index (χ2n) is 3.61. The molecular weight excluding hydrogens is 289 g/mol. The Bertz CT molecular complexity index is 299. The minimum absolute atomic E-state index is 0.632. The van der Waals surface area contributed by atoms with E-state index in [1.54, 1.807) is 6.33 Å². The Morgan fingerprint density at radius 3 is 2.71 bits per heavy atom. The highest BCUT2D eigenvalue weighted by molar-refractivity contribution is 14.1. The van der Waals surface area contributed by atoms with Crippen molar-refractivity contribution >= 4 is 28.4 Å². The van der Waals surface area contributed by atoms with Crippen LogP contribution >= 0.6 is 22.6 Å². The minimum Gasteiger partial charge on any atom is -0.369 e. The Labute approximate surface area is 98.9 Å². The predicted molar refractivity (Wildman–Crippen MR) is 67.5 cm³/mol. The Balaban J connectivity index is 2.89. The highest BCUT2D eigenvalue weighted by Crippen LogP contribution is 2.19. The molecule has 1 N–H and O–H groups in total. The summed E-state index contributed by atoms with van der Waals surface area (Å²) in [6.07, 6.45) is 2.65. The van der Waals surface area contributed by atoms with Gasteiger partial charge in [0.05, 0.1) is 9.26 Å². The molecule has 0 radical (unpaired) electrons. The summed E-state index contributed by atoms with van der Waals surface area (Å²) >= 11 is 2.31. The van der Waals surface area contributed by atoms with Crippen molar-refractivity contribution in [3.63, 3.8) is 0 Å². The maximum Gasteiger partial charge on any atom is 0.143 e. The lowest BCUT2D eigenvalue weighted by atomic mass is 10.1. The van der Waals surface area contributed by atoms with Crippen molar-refractivity contribution < 1.29 is 0 Å². The monoisotopic (exact) mass is 305 g/mol. The third-order valence-corrected chi connectivity index (χ3v) is 2.94.